The molecule has 3 aromatic carbocycles. The van der Waals surface area contributed by atoms with Gasteiger partial charge < -0.3 is 9.15 Å². The predicted octanol–water partition coefficient (Wildman–Crippen LogP) is 4.53. The van der Waals surface area contributed by atoms with Crippen molar-refractivity contribution in [3.05, 3.63) is 88.8 Å². The monoisotopic (exact) mass is 302 g/mol. The van der Waals surface area contributed by atoms with Gasteiger partial charge in [0.25, 0.3) is 0 Å². The van der Waals surface area contributed by atoms with Crippen LogP contribution in [0.2, 0.25) is 0 Å². The molecule has 0 atom stereocenters. The van der Waals surface area contributed by atoms with Crippen molar-refractivity contribution < 1.29 is 9.15 Å². The van der Waals surface area contributed by atoms with Gasteiger partial charge in [-0.3, -0.25) is 0 Å². The Kier molecular flexibility index (Phi) is 3.31. The van der Waals surface area contributed by atoms with E-state index >= 15 is 0 Å². The molecule has 3 heteroatoms. The second-order valence-corrected chi connectivity index (χ2v) is 5.38. The Morgan fingerprint density at radius 1 is 0.826 bits per heavy atom. The zero-order valence-electron chi connectivity index (χ0n) is 12.4. The standard InChI is InChI=1S/C20H14O3/c21-20-11-9-15-8-10-17(12-19(15)23-20)22-13-16-6-3-5-14-4-1-2-7-18(14)16/h1-12H,13H2. The summed E-state index contributed by atoms with van der Waals surface area (Å²) in [7, 11) is 0. The van der Waals surface area contributed by atoms with Crippen molar-refractivity contribution in [2.24, 2.45) is 0 Å². The van der Waals surface area contributed by atoms with Crippen LogP contribution in [0.4, 0.5) is 0 Å². The molecule has 3 nitrogen and oxygen atoms in total. The van der Waals surface area contributed by atoms with Crippen LogP contribution in [-0.4, -0.2) is 0 Å². The Morgan fingerprint density at radius 3 is 2.61 bits per heavy atom. The van der Waals surface area contributed by atoms with Gasteiger partial charge in [-0.05, 0) is 34.5 Å². The van der Waals surface area contributed by atoms with E-state index in [9.17, 15) is 4.79 Å². The third kappa shape index (κ3) is 2.69. The number of benzene rings is 3. The minimum Gasteiger partial charge on any atom is -0.489 e. The summed E-state index contributed by atoms with van der Waals surface area (Å²) in [4.78, 5) is 11.3. The maximum atomic E-state index is 11.3. The quantitative estimate of drug-likeness (QED) is 0.522. The molecule has 23 heavy (non-hydrogen) atoms. The molecular weight excluding hydrogens is 288 g/mol. The van der Waals surface area contributed by atoms with Crippen molar-refractivity contribution in [3.63, 3.8) is 0 Å². The first-order valence-corrected chi connectivity index (χ1v) is 7.43. The molecular formula is C20H14O3. The highest BCUT2D eigenvalue weighted by Crippen LogP contribution is 2.23. The molecule has 112 valence electrons. The van der Waals surface area contributed by atoms with Crippen molar-refractivity contribution in [1.82, 2.24) is 0 Å². The topological polar surface area (TPSA) is 39.4 Å². The Bertz CT molecular complexity index is 1040. The SMILES string of the molecule is O=c1ccc2ccc(OCc3cccc4ccccc34)cc2o1. The molecule has 0 radical (unpaired) electrons. The molecule has 0 amide bonds. The van der Waals surface area contributed by atoms with E-state index in [0.29, 0.717) is 17.9 Å². The zero-order chi connectivity index (χ0) is 15.6. The molecule has 0 N–H and O–H groups in total. The van der Waals surface area contributed by atoms with Gasteiger partial charge in [-0.25, -0.2) is 4.79 Å². The first-order valence-electron chi connectivity index (χ1n) is 7.43. The summed E-state index contributed by atoms with van der Waals surface area (Å²) in [5, 5.41) is 3.25. The summed E-state index contributed by atoms with van der Waals surface area (Å²) < 4.78 is 11.1. The van der Waals surface area contributed by atoms with Gasteiger partial charge in [0, 0.05) is 17.5 Å². The number of ether oxygens (including phenoxy) is 1. The van der Waals surface area contributed by atoms with E-state index < -0.39 is 0 Å². The molecule has 0 saturated heterocycles. The van der Waals surface area contributed by atoms with E-state index in [0.717, 1.165) is 10.9 Å². The van der Waals surface area contributed by atoms with Gasteiger partial charge in [0.15, 0.2) is 0 Å². The zero-order valence-corrected chi connectivity index (χ0v) is 12.4. The van der Waals surface area contributed by atoms with Gasteiger partial charge in [0.1, 0.15) is 17.9 Å². The van der Waals surface area contributed by atoms with Crippen molar-refractivity contribution in [3.8, 4) is 5.75 Å². The Balaban J connectivity index is 1.64. The summed E-state index contributed by atoms with van der Waals surface area (Å²) >= 11 is 0. The lowest BCUT2D eigenvalue weighted by Crippen LogP contribution is -1.97. The molecule has 4 rings (SSSR count). The third-order valence-corrected chi connectivity index (χ3v) is 3.87. The first-order chi connectivity index (χ1) is 11.3. The van der Waals surface area contributed by atoms with Gasteiger partial charge in [0.2, 0.25) is 0 Å². The number of fused-ring (bicyclic) bond motifs is 2. The summed E-state index contributed by atoms with van der Waals surface area (Å²) in [6, 6.07) is 23.1. The first kappa shape index (κ1) is 13.6. The van der Waals surface area contributed by atoms with Crippen LogP contribution in [0.25, 0.3) is 21.7 Å². The van der Waals surface area contributed by atoms with Gasteiger partial charge in [0.05, 0.1) is 0 Å². The highest BCUT2D eigenvalue weighted by Gasteiger charge is 2.03. The molecule has 0 saturated carbocycles. The smallest absolute Gasteiger partial charge is 0.336 e. The van der Waals surface area contributed by atoms with Crippen molar-refractivity contribution in [2.45, 2.75) is 6.61 Å². The third-order valence-electron chi connectivity index (χ3n) is 3.87. The van der Waals surface area contributed by atoms with Gasteiger partial charge in [-0.2, -0.15) is 0 Å². The highest BCUT2D eigenvalue weighted by atomic mass is 16.5. The largest absolute Gasteiger partial charge is 0.489 e. The van der Waals surface area contributed by atoms with Crippen LogP contribution >= 0.6 is 0 Å². The molecule has 0 spiro atoms. The van der Waals surface area contributed by atoms with Crippen LogP contribution in [0, 0.1) is 0 Å². The fourth-order valence-electron chi connectivity index (χ4n) is 2.71. The van der Waals surface area contributed by atoms with Crippen molar-refractivity contribution in [2.75, 3.05) is 0 Å². The lowest BCUT2D eigenvalue weighted by Gasteiger charge is -2.09. The van der Waals surface area contributed by atoms with Gasteiger partial charge >= 0.3 is 5.63 Å². The van der Waals surface area contributed by atoms with E-state index in [1.807, 2.05) is 30.3 Å². The van der Waals surface area contributed by atoms with Crippen LogP contribution in [-0.2, 0) is 6.61 Å². The Morgan fingerprint density at radius 2 is 1.65 bits per heavy atom. The van der Waals surface area contributed by atoms with E-state index in [1.54, 1.807) is 12.1 Å². The minimum absolute atomic E-state index is 0.358. The van der Waals surface area contributed by atoms with Crippen LogP contribution < -0.4 is 10.4 Å². The lowest BCUT2D eigenvalue weighted by molar-refractivity contribution is 0.307. The molecule has 0 fully saturated rings. The number of hydrogen-bond acceptors (Lipinski definition) is 3. The summed E-state index contributed by atoms with van der Waals surface area (Å²) in [6.45, 7) is 0.462. The molecule has 4 aromatic rings. The number of hydrogen-bond donors (Lipinski definition) is 0. The second-order valence-electron chi connectivity index (χ2n) is 5.38. The van der Waals surface area contributed by atoms with Crippen molar-refractivity contribution >= 4 is 21.7 Å². The molecule has 0 unspecified atom stereocenters. The lowest BCUT2D eigenvalue weighted by atomic mass is 10.1. The second kappa shape index (κ2) is 5.61. The molecule has 1 aromatic heterocycles. The number of rotatable bonds is 3. The fraction of sp³-hybridized carbons (Fsp3) is 0.0500. The maximum Gasteiger partial charge on any atom is 0.336 e. The molecule has 0 aliphatic heterocycles. The Labute approximate surface area is 132 Å². The summed E-state index contributed by atoms with van der Waals surface area (Å²) in [5.74, 6) is 0.680. The van der Waals surface area contributed by atoms with Crippen LogP contribution in [0.15, 0.2) is 82.0 Å². The molecule has 0 bridgehead atoms. The maximum absolute atomic E-state index is 11.3. The van der Waals surface area contributed by atoms with Crippen LogP contribution in [0.1, 0.15) is 5.56 Å². The average Bonchev–Trinajstić information content (AvgIpc) is 2.59. The Hall–Kier alpha value is -3.07. The predicted molar refractivity (Wildman–Crippen MR) is 90.8 cm³/mol. The van der Waals surface area contributed by atoms with E-state index in [1.165, 1.54) is 16.8 Å². The van der Waals surface area contributed by atoms with Crippen LogP contribution in [0.5, 0.6) is 5.75 Å². The molecule has 1 heterocycles. The van der Waals surface area contributed by atoms with Crippen LogP contribution in [0.3, 0.4) is 0 Å². The average molecular weight is 302 g/mol. The van der Waals surface area contributed by atoms with E-state index in [2.05, 4.69) is 24.3 Å². The highest BCUT2D eigenvalue weighted by molar-refractivity contribution is 5.85. The van der Waals surface area contributed by atoms with Gasteiger partial charge in [-0.15, -0.1) is 0 Å². The van der Waals surface area contributed by atoms with Gasteiger partial charge in [-0.1, -0.05) is 42.5 Å². The minimum atomic E-state index is -0.358. The molecule has 0 aliphatic carbocycles. The van der Waals surface area contributed by atoms with E-state index in [-0.39, 0.29) is 5.63 Å². The summed E-state index contributed by atoms with van der Waals surface area (Å²) in [6.07, 6.45) is 0. The normalized spacial score (nSPS) is 11.0. The summed E-state index contributed by atoms with van der Waals surface area (Å²) in [5.41, 5.74) is 1.30. The van der Waals surface area contributed by atoms with E-state index in [4.69, 9.17) is 9.15 Å². The molecule has 0 aliphatic rings. The van der Waals surface area contributed by atoms with Crippen molar-refractivity contribution in [1.29, 1.82) is 0 Å². The fourth-order valence-corrected chi connectivity index (χ4v) is 2.71.